The molecule has 0 radical (unpaired) electrons. The Kier molecular flexibility index (Phi) is 7.07. The fraction of sp³-hybridized carbons (Fsp3) is 0.421. The minimum atomic E-state index is 0.185. The molecular weight excluding hydrogens is 276 g/mol. The molecule has 0 aromatic heterocycles. The lowest BCUT2D eigenvalue weighted by Gasteiger charge is -2.15. The fourth-order valence-corrected chi connectivity index (χ4v) is 2.57. The van der Waals surface area contributed by atoms with Crippen molar-refractivity contribution in [1.82, 2.24) is 0 Å². The molecular formula is C19H24O3. The molecule has 2 rings (SSSR count). The molecule has 3 heteroatoms. The van der Waals surface area contributed by atoms with Gasteiger partial charge in [0.1, 0.15) is 6.79 Å². The van der Waals surface area contributed by atoms with Crippen molar-refractivity contribution in [3.05, 3.63) is 59.7 Å². The Balaban J connectivity index is 1.99. The van der Waals surface area contributed by atoms with Gasteiger partial charge in [0, 0.05) is 19.1 Å². The summed E-state index contributed by atoms with van der Waals surface area (Å²) in [7, 11) is 1.58. The maximum absolute atomic E-state index is 12.2. The van der Waals surface area contributed by atoms with Crippen LogP contribution >= 0.6 is 0 Å². The largest absolute Gasteiger partial charge is 0.359 e. The Hall–Kier alpha value is -1.71. The van der Waals surface area contributed by atoms with E-state index >= 15 is 0 Å². The van der Waals surface area contributed by atoms with Gasteiger partial charge in [-0.15, -0.1) is 0 Å². The lowest BCUT2D eigenvalue weighted by Crippen LogP contribution is -2.13. The van der Waals surface area contributed by atoms with Crippen molar-refractivity contribution in [3.8, 4) is 0 Å². The van der Waals surface area contributed by atoms with Gasteiger partial charge in [-0.1, -0.05) is 48.6 Å². The van der Waals surface area contributed by atoms with E-state index in [9.17, 15) is 4.79 Å². The third kappa shape index (κ3) is 5.58. The van der Waals surface area contributed by atoms with E-state index in [1.807, 2.05) is 6.07 Å². The number of Topliss-reactive ketones (excluding diaryl/α,β-unsaturated/α-hetero) is 1. The van der Waals surface area contributed by atoms with Gasteiger partial charge in [0.25, 0.3) is 0 Å². The van der Waals surface area contributed by atoms with Crippen LogP contribution in [0.3, 0.4) is 0 Å². The van der Waals surface area contributed by atoms with Gasteiger partial charge in [0.2, 0.25) is 0 Å². The van der Waals surface area contributed by atoms with Crippen LogP contribution in [0.2, 0.25) is 0 Å². The van der Waals surface area contributed by atoms with Gasteiger partial charge in [-0.2, -0.15) is 0 Å². The Morgan fingerprint density at radius 3 is 2.82 bits per heavy atom. The Morgan fingerprint density at radius 1 is 1.23 bits per heavy atom. The van der Waals surface area contributed by atoms with Crippen molar-refractivity contribution < 1.29 is 14.3 Å². The predicted molar refractivity (Wildman–Crippen MR) is 87.5 cm³/mol. The van der Waals surface area contributed by atoms with Crippen LogP contribution in [0.4, 0.5) is 0 Å². The Labute approximate surface area is 132 Å². The van der Waals surface area contributed by atoms with E-state index in [0.717, 1.165) is 24.8 Å². The molecule has 1 aliphatic carbocycles. The number of methoxy groups -OCH3 is 1. The monoisotopic (exact) mass is 300 g/mol. The first-order valence-electron chi connectivity index (χ1n) is 7.80. The van der Waals surface area contributed by atoms with Gasteiger partial charge in [-0.05, 0) is 30.7 Å². The summed E-state index contributed by atoms with van der Waals surface area (Å²) in [5.41, 5.74) is 2.11. The van der Waals surface area contributed by atoms with Gasteiger partial charge in [-0.25, -0.2) is 0 Å². The van der Waals surface area contributed by atoms with Crippen LogP contribution in [0.5, 0.6) is 0 Å². The molecule has 0 fully saturated rings. The van der Waals surface area contributed by atoms with Crippen molar-refractivity contribution in [2.45, 2.75) is 25.7 Å². The van der Waals surface area contributed by atoms with E-state index in [0.29, 0.717) is 13.0 Å². The van der Waals surface area contributed by atoms with E-state index in [4.69, 9.17) is 9.47 Å². The average molecular weight is 300 g/mol. The number of ether oxygens (including phenoxy) is 2. The summed E-state index contributed by atoms with van der Waals surface area (Å²) in [6.45, 7) is 0.553. The van der Waals surface area contributed by atoms with E-state index in [2.05, 4.69) is 42.5 Å². The van der Waals surface area contributed by atoms with Gasteiger partial charge in [-0.3, -0.25) is 4.79 Å². The number of allylic oxidation sites excluding steroid dienone is 3. The first-order chi connectivity index (χ1) is 10.8. The van der Waals surface area contributed by atoms with Crippen LogP contribution in [0, 0.1) is 5.92 Å². The van der Waals surface area contributed by atoms with Crippen LogP contribution in [0.1, 0.15) is 24.8 Å². The van der Waals surface area contributed by atoms with Gasteiger partial charge in [0.05, 0.1) is 6.61 Å². The third-order valence-electron chi connectivity index (χ3n) is 3.76. The molecule has 0 bridgehead atoms. The second-order valence-electron chi connectivity index (χ2n) is 5.53. The number of aryl methyl sites for hydroxylation is 1. The lowest BCUT2D eigenvalue weighted by atomic mass is 9.92. The first kappa shape index (κ1) is 16.7. The quantitative estimate of drug-likeness (QED) is 0.437. The van der Waals surface area contributed by atoms with Crippen molar-refractivity contribution in [3.63, 3.8) is 0 Å². The molecule has 1 atom stereocenters. The minimum absolute atomic E-state index is 0.185. The van der Waals surface area contributed by atoms with E-state index < -0.39 is 0 Å². The zero-order valence-electron chi connectivity index (χ0n) is 13.2. The van der Waals surface area contributed by atoms with Crippen molar-refractivity contribution in [2.24, 2.45) is 5.92 Å². The number of hydrogen-bond acceptors (Lipinski definition) is 3. The molecule has 1 aromatic carbocycles. The highest BCUT2D eigenvalue weighted by Crippen LogP contribution is 2.19. The van der Waals surface area contributed by atoms with E-state index in [1.54, 1.807) is 7.11 Å². The van der Waals surface area contributed by atoms with E-state index in [-0.39, 0.29) is 18.5 Å². The highest BCUT2D eigenvalue weighted by Gasteiger charge is 2.14. The molecule has 0 aliphatic heterocycles. The summed E-state index contributed by atoms with van der Waals surface area (Å²) in [5, 5.41) is 0. The summed E-state index contributed by atoms with van der Waals surface area (Å²) < 4.78 is 10.2. The van der Waals surface area contributed by atoms with Crippen LogP contribution < -0.4 is 0 Å². The molecule has 3 nitrogen and oxygen atoms in total. The number of hydrogen-bond donors (Lipinski definition) is 0. The maximum Gasteiger partial charge on any atom is 0.161 e. The molecule has 1 aliphatic rings. The summed E-state index contributed by atoms with van der Waals surface area (Å²) >= 11 is 0. The molecule has 0 saturated heterocycles. The number of carbonyl (C=O) groups is 1. The van der Waals surface area contributed by atoms with Crippen LogP contribution in [0.15, 0.2) is 54.1 Å². The molecule has 1 unspecified atom stereocenters. The Morgan fingerprint density at radius 2 is 2.05 bits per heavy atom. The zero-order valence-corrected chi connectivity index (χ0v) is 13.2. The lowest BCUT2D eigenvalue weighted by molar-refractivity contribution is -0.116. The average Bonchev–Trinajstić information content (AvgIpc) is 2.54. The summed E-state index contributed by atoms with van der Waals surface area (Å²) in [6.07, 6.45) is 9.78. The van der Waals surface area contributed by atoms with E-state index in [1.165, 1.54) is 5.56 Å². The van der Waals surface area contributed by atoms with Crippen LogP contribution in [-0.4, -0.2) is 26.3 Å². The smallest absolute Gasteiger partial charge is 0.161 e. The third-order valence-corrected chi connectivity index (χ3v) is 3.76. The normalized spacial score (nSPS) is 22.5. The van der Waals surface area contributed by atoms with Gasteiger partial charge < -0.3 is 9.47 Å². The SMILES string of the molecule is COCOC/C1=C/C(CCc2ccccc2)/C=C\CCC1=O. The summed E-state index contributed by atoms with van der Waals surface area (Å²) in [6, 6.07) is 10.4. The molecule has 0 spiro atoms. The molecule has 0 amide bonds. The number of rotatable bonds is 7. The highest BCUT2D eigenvalue weighted by molar-refractivity contribution is 5.95. The number of ketones is 1. The number of benzene rings is 1. The molecule has 1 aromatic rings. The standard InChI is InChI=1S/C19H24O3/c1-21-15-22-14-18-13-17(9-5-6-10-19(18)20)12-11-16-7-3-2-4-8-16/h2-5,7-9,13,17H,6,10-12,14-15H2,1H3/b9-5-,18-13-. The fourth-order valence-electron chi connectivity index (χ4n) is 2.57. The molecule has 22 heavy (non-hydrogen) atoms. The maximum atomic E-state index is 12.2. The highest BCUT2D eigenvalue weighted by atomic mass is 16.7. The minimum Gasteiger partial charge on any atom is -0.359 e. The van der Waals surface area contributed by atoms with Crippen molar-refractivity contribution in [2.75, 3.05) is 20.5 Å². The molecule has 118 valence electrons. The summed E-state index contributed by atoms with van der Waals surface area (Å²) in [5.74, 6) is 0.468. The zero-order chi connectivity index (χ0) is 15.6. The molecule has 0 N–H and O–H groups in total. The molecule has 0 saturated carbocycles. The van der Waals surface area contributed by atoms with Crippen molar-refractivity contribution >= 4 is 5.78 Å². The topological polar surface area (TPSA) is 35.5 Å². The molecule has 0 heterocycles. The van der Waals surface area contributed by atoms with Crippen LogP contribution in [0.25, 0.3) is 0 Å². The van der Waals surface area contributed by atoms with Crippen LogP contribution in [-0.2, 0) is 20.7 Å². The Bertz CT molecular complexity index is 517. The predicted octanol–water partition coefficient (Wildman–Crippen LogP) is 3.70. The van der Waals surface area contributed by atoms with Gasteiger partial charge >= 0.3 is 0 Å². The first-order valence-corrected chi connectivity index (χ1v) is 7.80. The second-order valence-corrected chi connectivity index (χ2v) is 5.53. The van der Waals surface area contributed by atoms with Gasteiger partial charge in [0.15, 0.2) is 5.78 Å². The van der Waals surface area contributed by atoms with Crippen molar-refractivity contribution in [1.29, 1.82) is 0 Å². The number of carbonyl (C=O) groups excluding carboxylic acids is 1. The second kappa shape index (κ2) is 9.34. The summed E-state index contributed by atoms with van der Waals surface area (Å²) in [4.78, 5) is 12.2.